The normalized spacial score (nSPS) is 11.0. The summed E-state index contributed by atoms with van der Waals surface area (Å²) in [5.74, 6) is -1.45. The van der Waals surface area contributed by atoms with Gasteiger partial charge in [0.05, 0.1) is 0 Å². The Labute approximate surface area is 121 Å². The topological polar surface area (TPSA) is 49.4 Å². The Kier molecular flexibility index (Phi) is 9.37. The Bertz CT molecular complexity index is 241. The van der Waals surface area contributed by atoms with Gasteiger partial charge in [0, 0.05) is 6.54 Å². The highest BCUT2D eigenvalue weighted by Gasteiger charge is 2.29. The molecule has 0 aromatic heterocycles. The van der Waals surface area contributed by atoms with Crippen molar-refractivity contribution in [2.75, 3.05) is 19.6 Å². The number of alkyl halides is 4. The van der Waals surface area contributed by atoms with Crippen LogP contribution >= 0.6 is 46.4 Å². The van der Waals surface area contributed by atoms with Gasteiger partial charge < -0.3 is 5.32 Å². The molecule has 0 aliphatic heterocycles. The maximum Gasteiger partial charge on any atom is 0.262 e. The van der Waals surface area contributed by atoms with Crippen LogP contribution in [0, 0.1) is 6.92 Å². The van der Waals surface area contributed by atoms with Crippen molar-refractivity contribution in [3.8, 4) is 0 Å². The van der Waals surface area contributed by atoms with Gasteiger partial charge in [-0.2, -0.15) is 0 Å². The zero-order chi connectivity index (χ0) is 13.4. The van der Waals surface area contributed by atoms with Crippen molar-refractivity contribution >= 4 is 58.2 Å². The molecule has 0 unspecified atom stereocenters. The van der Waals surface area contributed by atoms with E-state index < -0.39 is 21.5 Å². The molecule has 0 fully saturated rings. The molecule has 0 saturated heterocycles. The first kappa shape index (κ1) is 17.3. The lowest BCUT2D eigenvalue weighted by atomic mass is 10.3. The molecular weight excluding hydrogens is 310 g/mol. The van der Waals surface area contributed by atoms with Crippen LogP contribution in [0.3, 0.4) is 0 Å². The summed E-state index contributed by atoms with van der Waals surface area (Å²) in [5, 5.41) is 2.95. The number of nitrogens with one attached hydrogen (secondary N) is 1. The Morgan fingerprint density at radius 3 is 1.94 bits per heavy atom. The fourth-order valence-electron chi connectivity index (χ4n) is 1.05. The standard InChI is InChI=1S/C9H13Cl4N2O2/c1-2-14-4-3-5-15(8(16)6(10)11)9(17)7(12)13/h6-7,14H,1-5H2. The van der Waals surface area contributed by atoms with E-state index in [1.54, 1.807) is 0 Å². The lowest BCUT2D eigenvalue weighted by molar-refractivity contribution is -0.142. The Balaban J connectivity index is 4.41. The van der Waals surface area contributed by atoms with Gasteiger partial charge in [0.15, 0.2) is 9.67 Å². The van der Waals surface area contributed by atoms with Crippen molar-refractivity contribution < 1.29 is 9.59 Å². The van der Waals surface area contributed by atoms with E-state index in [9.17, 15) is 9.59 Å². The molecule has 0 rings (SSSR count). The smallest absolute Gasteiger partial charge is 0.262 e. The van der Waals surface area contributed by atoms with Crippen LogP contribution in [0.1, 0.15) is 6.42 Å². The second kappa shape index (κ2) is 9.22. The Hall–Kier alpha value is 0.260. The van der Waals surface area contributed by atoms with E-state index in [1.165, 1.54) is 0 Å². The van der Waals surface area contributed by atoms with Crippen LogP contribution < -0.4 is 5.32 Å². The molecule has 0 aromatic carbocycles. The van der Waals surface area contributed by atoms with Crippen molar-refractivity contribution in [2.45, 2.75) is 16.1 Å². The number of halogens is 4. The largest absolute Gasteiger partial charge is 0.317 e. The third-order valence-corrected chi connectivity index (χ3v) is 2.56. The molecule has 0 aliphatic rings. The number of hydrogen-bond acceptors (Lipinski definition) is 3. The average molecular weight is 323 g/mol. The zero-order valence-electron chi connectivity index (χ0n) is 8.97. The van der Waals surface area contributed by atoms with Gasteiger partial charge in [-0.05, 0) is 26.4 Å². The maximum atomic E-state index is 11.5. The minimum atomic E-state index is -1.31. The maximum absolute atomic E-state index is 11.5. The molecule has 0 aromatic rings. The molecule has 1 radical (unpaired) electrons. The summed E-state index contributed by atoms with van der Waals surface area (Å²) in [5.41, 5.74) is 0. The molecule has 2 amide bonds. The molecule has 0 heterocycles. The van der Waals surface area contributed by atoms with Gasteiger partial charge in [-0.25, -0.2) is 0 Å². The molecule has 4 nitrogen and oxygen atoms in total. The minimum Gasteiger partial charge on any atom is -0.317 e. The third-order valence-electron chi connectivity index (χ3n) is 1.82. The van der Waals surface area contributed by atoms with Gasteiger partial charge in [-0.1, -0.05) is 46.4 Å². The van der Waals surface area contributed by atoms with Gasteiger partial charge in [0.25, 0.3) is 11.8 Å². The summed E-state index contributed by atoms with van der Waals surface area (Å²) >= 11 is 21.7. The van der Waals surface area contributed by atoms with Gasteiger partial charge in [-0.15, -0.1) is 0 Å². The van der Waals surface area contributed by atoms with E-state index in [4.69, 9.17) is 46.4 Å². The van der Waals surface area contributed by atoms with Gasteiger partial charge in [0.2, 0.25) is 0 Å². The number of amides is 2. The molecule has 8 heteroatoms. The van der Waals surface area contributed by atoms with Crippen molar-refractivity contribution in [3.63, 3.8) is 0 Å². The van der Waals surface area contributed by atoms with Crippen LogP contribution in [0.4, 0.5) is 0 Å². The highest BCUT2D eigenvalue weighted by atomic mass is 35.5. The molecule has 99 valence electrons. The number of imide groups is 1. The SMILES string of the molecule is [CH2]CNCCCN(C(=O)C(Cl)Cl)C(=O)C(Cl)Cl. The average Bonchev–Trinajstić information content (AvgIpc) is 2.27. The Morgan fingerprint density at radius 1 is 1.12 bits per heavy atom. The highest BCUT2D eigenvalue weighted by molar-refractivity contribution is 6.56. The number of rotatable bonds is 7. The van der Waals surface area contributed by atoms with Crippen LogP contribution in [0.25, 0.3) is 0 Å². The monoisotopic (exact) mass is 321 g/mol. The first-order valence-electron chi connectivity index (χ1n) is 4.83. The molecule has 17 heavy (non-hydrogen) atoms. The molecule has 0 aliphatic carbocycles. The van der Waals surface area contributed by atoms with Crippen LogP contribution in [-0.4, -0.2) is 46.0 Å². The van der Waals surface area contributed by atoms with E-state index in [1.807, 2.05) is 0 Å². The second-order valence-electron chi connectivity index (χ2n) is 3.03. The van der Waals surface area contributed by atoms with Crippen molar-refractivity contribution in [1.29, 1.82) is 0 Å². The quantitative estimate of drug-likeness (QED) is 0.574. The van der Waals surface area contributed by atoms with E-state index in [0.29, 0.717) is 19.5 Å². The van der Waals surface area contributed by atoms with Crippen molar-refractivity contribution in [2.24, 2.45) is 0 Å². The highest BCUT2D eigenvalue weighted by Crippen LogP contribution is 2.13. The molecule has 0 spiro atoms. The lowest BCUT2D eigenvalue weighted by Crippen LogP contribution is -2.43. The molecule has 0 saturated carbocycles. The number of nitrogens with zero attached hydrogens (tertiary/aromatic N) is 1. The summed E-state index contributed by atoms with van der Waals surface area (Å²) < 4.78 is 0. The fourth-order valence-corrected chi connectivity index (χ4v) is 1.52. The minimum absolute atomic E-state index is 0.149. The van der Waals surface area contributed by atoms with E-state index in [0.717, 1.165) is 4.90 Å². The van der Waals surface area contributed by atoms with Crippen LogP contribution in [-0.2, 0) is 9.59 Å². The Morgan fingerprint density at radius 2 is 1.59 bits per heavy atom. The van der Waals surface area contributed by atoms with Gasteiger partial charge in [0.1, 0.15) is 0 Å². The van der Waals surface area contributed by atoms with Crippen LogP contribution in [0.2, 0.25) is 0 Å². The van der Waals surface area contributed by atoms with E-state index in [-0.39, 0.29) is 6.54 Å². The fraction of sp³-hybridized carbons (Fsp3) is 0.667. The second-order valence-corrected chi connectivity index (χ2v) is 5.23. The van der Waals surface area contributed by atoms with Gasteiger partial charge >= 0.3 is 0 Å². The summed E-state index contributed by atoms with van der Waals surface area (Å²) in [4.78, 5) is 21.3. The molecule has 0 bridgehead atoms. The van der Waals surface area contributed by atoms with E-state index >= 15 is 0 Å². The summed E-state index contributed by atoms with van der Waals surface area (Å²) in [6, 6.07) is 0. The first-order valence-corrected chi connectivity index (χ1v) is 6.57. The summed E-state index contributed by atoms with van der Waals surface area (Å²) in [7, 11) is 0. The third kappa shape index (κ3) is 6.67. The molecular formula is C9H13Cl4N2O2. The first-order chi connectivity index (χ1) is 7.91. The van der Waals surface area contributed by atoms with E-state index in [2.05, 4.69) is 12.2 Å². The molecule has 0 atom stereocenters. The van der Waals surface area contributed by atoms with Crippen LogP contribution in [0.5, 0.6) is 0 Å². The molecule has 1 N–H and O–H groups in total. The number of carbonyl (C=O) groups is 2. The van der Waals surface area contributed by atoms with Gasteiger partial charge in [-0.3, -0.25) is 14.5 Å². The number of carbonyl (C=O) groups excluding carboxylic acids is 2. The summed E-state index contributed by atoms with van der Waals surface area (Å²) in [6.07, 6.45) is 0.536. The van der Waals surface area contributed by atoms with Crippen molar-refractivity contribution in [3.05, 3.63) is 6.92 Å². The van der Waals surface area contributed by atoms with Crippen LogP contribution in [0.15, 0.2) is 0 Å². The summed E-state index contributed by atoms with van der Waals surface area (Å²) in [6.45, 7) is 4.90. The van der Waals surface area contributed by atoms with Crippen molar-refractivity contribution in [1.82, 2.24) is 10.2 Å². The number of hydrogen-bond donors (Lipinski definition) is 1. The zero-order valence-corrected chi connectivity index (χ0v) is 12.0. The predicted octanol–water partition coefficient (Wildman–Crippen LogP) is 1.76. The predicted molar refractivity (Wildman–Crippen MR) is 70.6 cm³/mol. The lowest BCUT2D eigenvalue weighted by Gasteiger charge is -2.21.